The highest BCUT2D eigenvalue weighted by Crippen LogP contribution is 2.23. The summed E-state index contributed by atoms with van der Waals surface area (Å²) in [4.78, 5) is 21.3. The first kappa shape index (κ1) is 17.7. The molecule has 4 N–H and O–H groups in total. The zero-order chi connectivity index (χ0) is 18.2. The molecule has 0 aliphatic heterocycles. The highest BCUT2D eigenvalue weighted by Gasteiger charge is 2.09. The Balaban J connectivity index is 0.000000196. The molecule has 0 aromatic heterocycles. The average molecular weight is 335 g/mol. The smallest absolute Gasteiger partial charge is 0.337 e. The van der Waals surface area contributed by atoms with Gasteiger partial charge in [-0.2, -0.15) is 0 Å². The summed E-state index contributed by atoms with van der Waals surface area (Å²) in [6.45, 7) is 0. The summed E-state index contributed by atoms with van der Waals surface area (Å²) >= 11 is 0. The van der Waals surface area contributed by atoms with Crippen LogP contribution in [0.3, 0.4) is 0 Å². The van der Waals surface area contributed by atoms with Gasteiger partial charge in [-0.05, 0) is 29.3 Å². The molecular weight excluding hydrogens is 318 g/mol. The molecule has 0 aliphatic rings. The maximum atomic E-state index is 11.0. The molecule has 0 saturated heterocycles. The van der Waals surface area contributed by atoms with E-state index in [1.807, 2.05) is 42.5 Å². The first-order valence-corrected chi connectivity index (χ1v) is 7.46. The summed E-state index contributed by atoms with van der Waals surface area (Å²) in [5.41, 5.74) is 7.82. The number of rotatable bonds is 3. The molecule has 0 heterocycles. The number of carboxylic acids is 2. The van der Waals surface area contributed by atoms with Crippen LogP contribution in [0.4, 0.5) is 5.69 Å². The zero-order valence-corrected chi connectivity index (χ0v) is 13.3. The van der Waals surface area contributed by atoms with Gasteiger partial charge < -0.3 is 15.9 Å². The topological polar surface area (TPSA) is 101 Å². The normalized spacial score (nSPS) is 9.60. The molecule has 0 saturated carbocycles. The molecule has 25 heavy (non-hydrogen) atoms. The quantitative estimate of drug-likeness (QED) is 0.628. The summed E-state index contributed by atoms with van der Waals surface area (Å²) in [5, 5.41) is 17.5. The van der Waals surface area contributed by atoms with Crippen molar-refractivity contribution in [2.24, 2.45) is 0 Å². The van der Waals surface area contributed by atoms with E-state index < -0.39 is 11.9 Å². The van der Waals surface area contributed by atoms with Crippen LogP contribution in [0.15, 0.2) is 78.9 Å². The predicted octanol–water partition coefficient (Wildman–Crippen LogP) is 4.02. The van der Waals surface area contributed by atoms with E-state index in [1.54, 1.807) is 30.3 Å². The van der Waals surface area contributed by atoms with Crippen LogP contribution in [0.25, 0.3) is 11.1 Å². The molecule has 0 atom stereocenters. The first-order chi connectivity index (χ1) is 12.0. The average Bonchev–Trinajstić information content (AvgIpc) is 2.63. The lowest BCUT2D eigenvalue weighted by atomic mass is 10.00. The molecule has 0 fully saturated rings. The minimum Gasteiger partial charge on any atom is -0.478 e. The molecule has 0 amide bonds. The van der Waals surface area contributed by atoms with Gasteiger partial charge in [0.05, 0.1) is 11.1 Å². The van der Waals surface area contributed by atoms with Crippen molar-refractivity contribution in [1.29, 1.82) is 0 Å². The summed E-state index contributed by atoms with van der Waals surface area (Å²) in [6.07, 6.45) is 0. The maximum absolute atomic E-state index is 11.0. The van der Waals surface area contributed by atoms with Gasteiger partial charge in [0.15, 0.2) is 0 Å². The Morgan fingerprint density at radius 1 is 0.640 bits per heavy atom. The lowest BCUT2D eigenvalue weighted by Gasteiger charge is -2.05. The molecule has 0 aliphatic carbocycles. The Bertz CT molecular complexity index is 876. The number of benzene rings is 3. The summed E-state index contributed by atoms with van der Waals surface area (Å²) in [7, 11) is 0. The monoisotopic (exact) mass is 335 g/mol. The van der Waals surface area contributed by atoms with Crippen molar-refractivity contribution < 1.29 is 19.8 Å². The number of para-hydroxylation sites is 1. The first-order valence-electron chi connectivity index (χ1n) is 7.46. The Kier molecular flexibility index (Phi) is 5.90. The van der Waals surface area contributed by atoms with Crippen molar-refractivity contribution in [2.45, 2.75) is 0 Å². The minimum atomic E-state index is -0.988. The van der Waals surface area contributed by atoms with E-state index in [0.717, 1.165) is 11.1 Å². The summed E-state index contributed by atoms with van der Waals surface area (Å²) < 4.78 is 0. The Labute approximate surface area is 145 Å². The largest absolute Gasteiger partial charge is 0.478 e. The highest BCUT2D eigenvalue weighted by molar-refractivity contribution is 5.96. The van der Waals surface area contributed by atoms with Crippen LogP contribution in [-0.4, -0.2) is 22.2 Å². The molecule has 5 nitrogen and oxygen atoms in total. The molecule has 0 bridgehead atoms. The molecule has 5 heteroatoms. The van der Waals surface area contributed by atoms with Crippen molar-refractivity contribution in [1.82, 2.24) is 0 Å². The number of nitrogens with two attached hydrogens (primary N) is 1. The van der Waals surface area contributed by atoms with E-state index in [0.29, 0.717) is 11.3 Å². The zero-order valence-electron chi connectivity index (χ0n) is 13.3. The van der Waals surface area contributed by atoms with Crippen LogP contribution >= 0.6 is 0 Å². The second kappa shape index (κ2) is 8.31. The molecule has 3 aromatic rings. The number of carbonyl (C=O) groups is 2. The number of carboxylic acid groups (broad SMARTS) is 2. The van der Waals surface area contributed by atoms with Crippen molar-refractivity contribution in [3.8, 4) is 11.1 Å². The van der Waals surface area contributed by atoms with Gasteiger partial charge in [0.25, 0.3) is 0 Å². The van der Waals surface area contributed by atoms with Crippen LogP contribution in [0.5, 0.6) is 0 Å². The Hall–Kier alpha value is -3.60. The lowest BCUT2D eigenvalue weighted by Crippen LogP contribution is -2.00. The number of nitrogen functional groups attached to an aromatic ring is 1. The van der Waals surface area contributed by atoms with Gasteiger partial charge in [-0.1, -0.05) is 60.7 Å². The van der Waals surface area contributed by atoms with Gasteiger partial charge >= 0.3 is 11.9 Å². The number of hydrogen-bond acceptors (Lipinski definition) is 3. The number of aromatic carboxylic acids is 2. The number of hydrogen-bond donors (Lipinski definition) is 3. The maximum Gasteiger partial charge on any atom is 0.337 e. The van der Waals surface area contributed by atoms with Crippen LogP contribution in [-0.2, 0) is 0 Å². The van der Waals surface area contributed by atoms with Crippen molar-refractivity contribution in [3.05, 3.63) is 90.0 Å². The molecule has 3 rings (SSSR count). The van der Waals surface area contributed by atoms with Crippen LogP contribution in [0, 0.1) is 0 Å². The molecular formula is C20H17NO4. The summed E-state index contributed by atoms with van der Waals surface area (Å²) in [6, 6.07) is 22.9. The molecule has 126 valence electrons. The van der Waals surface area contributed by atoms with Gasteiger partial charge in [-0.25, -0.2) is 9.59 Å². The second-order valence-corrected chi connectivity index (χ2v) is 5.11. The fraction of sp³-hybridized carbons (Fsp3) is 0. The fourth-order valence-corrected chi connectivity index (χ4v) is 2.23. The summed E-state index contributed by atoms with van der Waals surface area (Å²) in [5.74, 6) is -1.88. The van der Waals surface area contributed by atoms with Crippen molar-refractivity contribution in [3.63, 3.8) is 0 Å². The van der Waals surface area contributed by atoms with Crippen LogP contribution in [0.1, 0.15) is 20.7 Å². The Morgan fingerprint density at radius 3 is 1.64 bits per heavy atom. The van der Waals surface area contributed by atoms with E-state index in [4.69, 9.17) is 15.9 Å². The third kappa shape index (κ3) is 4.68. The van der Waals surface area contributed by atoms with Gasteiger partial charge in [0, 0.05) is 5.69 Å². The van der Waals surface area contributed by atoms with Gasteiger partial charge in [-0.3, -0.25) is 0 Å². The molecule has 0 spiro atoms. The predicted molar refractivity (Wildman–Crippen MR) is 96.7 cm³/mol. The van der Waals surface area contributed by atoms with Crippen LogP contribution in [0.2, 0.25) is 0 Å². The SMILES string of the molecule is Nc1ccccc1C(=O)O.O=C(O)c1ccccc1-c1ccccc1. The third-order valence-electron chi connectivity index (χ3n) is 3.43. The standard InChI is InChI=1S/C13H10O2.C7H7NO2/c14-13(15)12-9-5-4-8-11(12)10-6-2-1-3-7-10;8-6-4-2-1-3-5(6)7(9)10/h1-9H,(H,14,15);1-4H,8H2,(H,9,10). The Morgan fingerprint density at radius 2 is 1.12 bits per heavy atom. The third-order valence-corrected chi connectivity index (χ3v) is 3.43. The van der Waals surface area contributed by atoms with Gasteiger partial charge in [0.2, 0.25) is 0 Å². The van der Waals surface area contributed by atoms with E-state index in [9.17, 15) is 9.59 Å². The molecule has 0 unspecified atom stereocenters. The highest BCUT2D eigenvalue weighted by atomic mass is 16.4. The van der Waals surface area contributed by atoms with E-state index in [1.165, 1.54) is 6.07 Å². The minimum absolute atomic E-state index is 0.155. The van der Waals surface area contributed by atoms with Crippen molar-refractivity contribution in [2.75, 3.05) is 5.73 Å². The van der Waals surface area contributed by atoms with E-state index in [2.05, 4.69) is 0 Å². The lowest BCUT2D eigenvalue weighted by molar-refractivity contribution is 0.0687. The molecule has 3 aromatic carbocycles. The van der Waals surface area contributed by atoms with E-state index >= 15 is 0 Å². The fourth-order valence-electron chi connectivity index (χ4n) is 2.23. The van der Waals surface area contributed by atoms with Crippen molar-refractivity contribution >= 4 is 17.6 Å². The van der Waals surface area contributed by atoms with Crippen LogP contribution < -0.4 is 5.73 Å². The van der Waals surface area contributed by atoms with E-state index in [-0.39, 0.29) is 5.56 Å². The molecule has 0 radical (unpaired) electrons. The van der Waals surface area contributed by atoms with Gasteiger partial charge in [0.1, 0.15) is 0 Å². The second-order valence-electron chi connectivity index (χ2n) is 5.11. The van der Waals surface area contributed by atoms with Gasteiger partial charge in [-0.15, -0.1) is 0 Å². The number of anilines is 1.